The van der Waals surface area contributed by atoms with Gasteiger partial charge < -0.3 is 19.8 Å². The zero-order valence-electron chi connectivity index (χ0n) is 19.6. The first-order valence-corrected chi connectivity index (χ1v) is 13.6. The summed E-state index contributed by atoms with van der Waals surface area (Å²) in [6.07, 6.45) is 2.98. The summed E-state index contributed by atoms with van der Waals surface area (Å²) in [7, 11) is 1.58. The van der Waals surface area contributed by atoms with Crippen molar-refractivity contribution in [3.8, 4) is 5.75 Å². The van der Waals surface area contributed by atoms with Gasteiger partial charge in [-0.05, 0) is 73.8 Å². The Kier molecular flexibility index (Phi) is 8.82. The van der Waals surface area contributed by atoms with Gasteiger partial charge in [0.15, 0.2) is 0 Å². The van der Waals surface area contributed by atoms with Crippen LogP contribution in [0.2, 0.25) is 0 Å². The van der Waals surface area contributed by atoms with Gasteiger partial charge in [0.25, 0.3) is 0 Å². The molecule has 3 aromatic rings. The number of halogens is 1. The SMILES string of the molecule is COc1ccc2ncc(CO)c(C(F)CCC3(CO)CCN(CCSc4cccs4)CC3)c2c1. The molecule has 0 saturated carbocycles. The molecule has 0 spiro atoms. The smallest absolute Gasteiger partial charge is 0.126 e. The van der Waals surface area contributed by atoms with Gasteiger partial charge in [-0.25, -0.2) is 4.39 Å². The Morgan fingerprint density at radius 1 is 1.26 bits per heavy atom. The number of alkyl halides is 1. The molecule has 1 aliphatic heterocycles. The summed E-state index contributed by atoms with van der Waals surface area (Å²) in [5.74, 6) is 1.69. The minimum Gasteiger partial charge on any atom is -0.497 e. The molecule has 0 amide bonds. The molecule has 1 aliphatic rings. The lowest BCUT2D eigenvalue weighted by Crippen LogP contribution is -2.42. The highest BCUT2D eigenvalue weighted by molar-refractivity contribution is 8.01. The topological polar surface area (TPSA) is 65.8 Å². The van der Waals surface area contributed by atoms with Crippen LogP contribution in [0.5, 0.6) is 5.75 Å². The van der Waals surface area contributed by atoms with Crippen LogP contribution in [0, 0.1) is 5.41 Å². The number of thiophene rings is 1. The maximum absolute atomic E-state index is 15.7. The number of nitrogens with zero attached hydrogens (tertiary/aromatic N) is 2. The van der Waals surface area contributed by atoms with Crippen LogP contribution in [0.15, 0.2) is 46.1 Å². The summed E-state index contributed by atoms with van der Waals surface area (Å²) in [6.45, 7) is 2.70. The number of methoxy groups -OCH3 is 1. The standard InChI is InChI=1S/C26H33FN2O3S2/c1-32-20-4-5-23-21(15-20)25(19(17-30)16-28-23)22(27)6-7-26(18-31)8-10-29(11-9-26)12-14-34-24-3-2-13-33-24/h2-5,13,15-16,22,30-31H,6-12,14,17-18H2,1H3. The Balaban J connectivity index is 1.38. The summed E-state index contributed by atoms with van der Waals surface area (Å²) in [5, 5.41) is 22.9. The van der Waals surface area contributed by atoms with Crippen LogP contribution < -0.4 is 4.74 Å². The molecule has 8 heteroatoms. The monoisotopic (exact) mass is 504 g/mol. The lowest BCUT2D eigenvalue weighted by Gasteiger charge is -2.41. The molecular weight excluding hydrogens is 471 g/mol. The van der Waals surface area contributed by atoms with E-state index in [1.165, 1.54) is 4.21 Å². The fourth-order valence-electron chi connectivity index (χ4n) is 4.79. The Morgan fingerprint density at radius 2 is 2.09 bits per heavy atom. The first-order valence-electron chi connectivity index (χ1n) is 11.8. The van der Waals surface area contributed by atoms with E-state index in [0.717, 1.165) is 38.2 Å². The van der Waals surface area contributed by atoms with E-state index in [0.29, 0.717) is 40.6 Å². The van der Waals surface area contributed by atoms with Gasteiger partial charge in [0.2, 0.25) is 0 Å². The maximum Gasteiger partial charge on any atom is 0.126 e. The van der Waals surface area contributed by atoms with Crippen LogP contribution in [0.25, 0.3) is 10.9 Å². The van der Waals surface area contributed by atoms with Crippen molar-refractivity contribution < 1.29 is 19.3 Å². The summed E-state index contributed by atoms with van der Waals surface area (Å²) < 4.78 is 22.4. The second-order valence-corrected chi connectivity index (χ2v) is 11.4. The number of aromatic nitrogens is 1. The maximum atomic E-state index is 15.7. The van der Waals surface area contributed by atoms with Crippen LogP contribution in [0.4, 0.5) is 4.39 Å². The van der Waals surface area contributed by atoms with Crippen LogP contribution in [0.3, 0.4) is 0 Å². The quantitative estimate of drug-likeness (QED) is 0.338. The number of aliphatic hydroxyl groups excluding tert-OH is 2. The number of hydrogen-bond acceptors (Lipinski definition) is 7. The number of rotatable bonds is 11. The predicted molar refractivity (Wildman–Crippen MR) is 138 cm³/mol. The van der Waals surface area contributed by atoms with Gasteiger partial charge in [-0.15, -0.1) is 23.1 Å². The largest absolute Gasteiger partial charge is 0.497 e. The van der Waals surface area contributed by atoms with Crippen molar-refractivity contribution in [3.63, 3.8) is 0 Å². The van der Waals surface area contributed by atoms with E-state index < -0.39 is 6.17 Å². The Labute approximate surface area is 209 Å². The average molecular weight is 505 g/mol. The lowest BCUT2D eigenvalue weighted by molar-refractivity contribution is 0.0322. The first-order chi connectivity index (χ1) is 16.6. The number of aliphatic hydroxyl groups is 2. The van der Waals surface area contributed by atoms with Crippen molar-refractivity contribution in [1.82, 2.24) is 9.88 Å². The molecule has 0 bridgehead atoms. The van der Waals surface area contributed by atoms with Gasteiger partial charge in [-0.2, -0.15) is 0 Å². The van der Waals surface area contributed by atoms with Crippen LogP contribution in [-0.2, 0) is 6.61 Å². The van der Waals surface area contributed by atoms with E-state index in [1.807, 2.05) is 17.8 Å². The van der Waals surface area contributed by atoms with E-state index in [2.05, 4.69) is 27.4 Å². The van der Waals surface area contributed by atoms with Gasteiger partial charge in [0.05, 0.1) is 23.4 Å². The van der Waals surface area contributed by atoms with Crippen LogP contribution >= 0.6 is 23.1 Å². The van der Waals surface area contributed by atoms with E-state index in [9.17, 15) is 10.2 Å². The Morgan fingerprint density at radius 3 is 2.76 bits per heavy atom. The molecule has 2 aromatic heterocycles. The number of likely N-dealkylation sites (tertiary alicyclic amines) is 1. The zero-order valence-corrected chi connectivity index (χ0v) is 21.2. The highest BCUT2D eigenvalue weighted by Crippen LogP contribution is 2.41. The molecule has 5 nitrogen and oxygen atoms in total. The van der Waals surface area contributed by atoms with Gasteiger partial charge in [0, 0.05) is 41.6 Å². The third kappa shape index (κ3) is 5.91. The minimum absolute atomic E-state index is 0.0786. The molecule has 184 valence electrons. The third-order valence-corrected chi connectivity index (χ3v) is 9.12. The number of thioether (sulfide) groups is 1. The molecule has 1 atom stereocenters. The highest BCUT2D eigenvalue weighted by atomic mass is 32.2. The average Bonchev–Trinajstić information content (AvgIpc) is 3.40. The number of hydrogen-bond donors (Lipinski definition) is 2. The van der Waals surface area contributed by atoms with E-state index in [1.54, 1.807) is 36.8 Å². The van der Waals surface area contributed by atoms with Crippen LogP contribution in [0.1, 0.15) is 43.0 Å². The molecule has 34 heavy (non-hydrogen) atoms. The third-order valence-electron chi connectivity index (χ3n) is 7.01. The fourth-order valence-corrected chi connectivity index (χ4v) is 6.66. The molecule has 0 aliphatic carbocycles. The predicted octanol–water partition coefficient (Wildman–Crippen LogP) is 5.45. The van der Waals surface area contributed by atoms with Crippen molar-refractivity contribution >= 4 is 34.0 Å². The number of benzene rings is 1. The van der Waals surface area contributed by atoms with Crippen molar-refractivity contribution in [2.45, 2.75) is 42.7 Å². The number of fused-ring (bicyclic) bond motifs is 1. The molecule has 1 saturated heterocycles. The van der Waals surface area contributed by atoms with Crippen molar-refractivity contribution in [2.75, 3.05) is 39.1 Å². The Hall–Kier alpha value is -1.71. The molecule has 2 N–H and O–H groups in total. The van der Waals surface area contributed by atoms with E-state index in [-0.39, 0.29) is 18.6 Å². The van der Waals surface area contributed by atoms with Gasteiger partial charge in [0.1, 0.15) is 11.9 Å². The molecule has 1 unspecified atom stereocenters. The molecular formula is C26H33FN2O3S2. The number of pyridine rings is 1. The number of piperidine rings is 1. The van der Waals surface area contributed by atoms with E-state index in [4.69, 9.17) is 4.74 Å². The van der Waals surface area contributed by atoms with Gasteiger partial charge >= 0.3 is 0 Å². The summed E-state index contributed by atoms with van der Waals surface area (Å²) in [6, 6.07) is 9.64. The molecule has 4 rings (SSSR count). The van der Waals surface area contributed by atoms with Crippen molar-refractivity contribution in [2.24, 2.45) is 5.41 Å². The van der Waals surface area contributed by atoms with E-state index >= 15 is 4.39 Å². The second kappa shape index (κ2) is 11.8. The van der Waals surface area contributed by atoms with Crippen molar-refractivity contribution in [1.29, 1.82) is 0 Å². The summed E-state index contributed by atoms with van der Waals surface area (Å²) in [4.78, 5) is 6.82. The minimum atomic E-state index is -1.25. The summed E-state index contributed by atoms with van der Waals surface area (Å²) in [5.41, 5.74) is 1.43. The van der Waals surface area contributed by atoms with Gasteiger partial charge in [-0.1, -0.05) is 6.07 Å². The molecule has 0 radical (unpaired) electrons. The fraction of sp³-hybridized carbons (Fsp3) is 0.500. The molecule has 1 aromatic carbocycles. The normalized spacial score (nSPS) is 17.2. The zero-order chi connectivity index (χ0) is 24.0. The van der Waals surface area contributed by atoms with Crippen LogP contribution in [-0.4, -0.2) is 59.2 Å². The second-order valence-electron chi connectivity index (χ2n) is 9.02. The molecule has 3 heterocycles. The first kappa shape index (κ1) is 25.4. The molecule has 1 fully saturated rings. The number of ether oxygens (including phenoxy) is 1. The summed E-state index contributed by atoms with van der Waals surface area (Å²) >= 11 is 3.66. The Bertz CT molecular complexity index is 1050. The lowest BCUT2D eigenvalue weighted by atomic mass is 9.74. The highest BCUT2D eigenvalue weighted by Gasteiger charge is 2.35. The van der Waals surface area contributed by atoms with Crippen molar-refractivity contribution in [3.05, 3.63) is 53.0 Å². The van der Waals surface area contributed by atoms with Gasteiger partial charge in [-0.3, -0.25) is 4.98 Å².